The van der Waals surface area contributed by atoms with Crippen molar-refractivity contribution in [1.29, 1.82) is 0 Å². The molecule has 0 aromatic heterocycles. The number of benzene rings is 1. The Morgan fingerprint density at radius 1 is 1.33 bits per heavy atom. The maximum Gasteiger partial charge on any atom is 0.389 e. The highest BCUT2D eigenvalue weighted by Crippen LogP contribution is 2.32. The van der Waals surface area contributed by atoms with Crippen molar-refractivity contribution in [2.24, 2.45) is 0 Å². The summed E-state index contributed by atoms with van der Waals surface area (Å²) in [4.78, 5) is 0. The van der Waals surface area contributed by atoms with E-state index < -0.39 is 12.6 Å². The zero-order valence-electron chi connectivity index (χ0n) is 12.3. The second-order valence-electron chi connectivity index (χ2n) is 5.43. The Morgan fingerprint density at radius 3 is 2.86 bits per heavy atom. The van der Waals surface area contributed by atoms with E-state index in [9.17, 15) is 13.2 Å². The van der Waals surface area contributed by atoms with Crippen molar-refractivity contribution >= 4 is 0 Å². The first-order valence-corrected chi connectivity index (χ1v) is 7.55. The van der Waals surface area contributed by atoms with Gasteiger partial charge in [-0.2, -0.15) is 13.2 Å². The predicted octanol–water partition coefficient (Wildman–Crippen LogP) is 4.39. The highest BCUT2D eigenvalue weighted by atomic mass is 19.4. The molecule has 21 heavy (non-hydrogen) atoms. The molecular formula is C16H22F3NO. The van der Waals surface area contributed by atoms with Gasteiger partial charge in [-0.1, -0.05) is 13.0 Å². The number of hydrogen-bond donors (Lipinski definition) is 1. The SMILES string of the molecule is CCNC1CCCc2cc(OCCCC(F)(F)F)ccc21. The minimum Gasteiger partial charge on any atom is -0.494 e. The summed E-state index contributed by atoms with van der Waals surface area (Å²) in [5.41, 5.74) is 2.55. The average Bonchev–Trinajstić information content (AvgIpc) is 2.43. The van der Waals surface area contributed by atoms with Crippen LogP contribution < -0.4 is 10.1 Å². The fraction of sp³-hybridized carbons (Fsp3) is 0.625. The summed E-state index contributed by atoms with van der Waals surface area (Å²) in [6.45, 7) is 3.13. The van der Waals surface area contributed by atoms with Gasteiger partial charge >= 0.3 is 6.18 Å². The summed E-state index contributed by atoms with van der Waals surface area (Å²) in [5.74, 6) is 0.674. The number of alkyl halides is 3. The maximum absolute atomic E-state index is 12.1. The third-order valence-electron chi connectivity index (χ3n) is 3.75. The van der Waals surface area contributed by atoms with Gasteiger partial charge in [-0.05, 0) is 55.5 Å². The van der Waals surface area contributed by atoms with E-state index in [1.165, 1.54) is 11.1 Å². The van der Waals surface area contributed by atoms with Gasteiger partial charge in [-0.3, -0.25) is 0 Å². The van der Waals surface area contributed by atoms with Crippen LogP contribution in [-0.2, 0) is 6.42 Å². The number of halogens is 3. The molecule has 1 aliphatic rings. The molecule has 118 valence electrons. The number of ether oxygens (including phenoxy) is 1. The van der Waals surface area contributed by atoms with Crippen LogP contribution in [0.2, 0.25) is 0 Å². The maximum atomic E-state index is 12.1. The lowest BCUT2D eigenvalue weighted by molar-refractivity contribution is -0.136. The molecule has 0 saturated carbocycles. The molecule has 0 spiro atoms. The van der Waals surface area contributed by atoms with E-state index in [4.69, 9.17) is 4.74 Å². The molecule has 1 N–H and O–H groups in total. The molecule has 2 nitrogen and oxygen atoms in total. The third kappa shape index (κ3) is 4.92. The quantitative estimate of drug-likeness (QED) is 0.787. The highest BCUT2D eigenvalue weighted by Gasteiger charge is 2.26. The summed E-state index contributed by atoms with van der Waals surface area (Å²) in [6, 6.07) is 6.27. The minimum atomic E-state index is -4.10. The number of fused-ring (bicyclic) bond motifs is 1. The van der Waals surface area contributed by atoms with Crippen molar-refractivity contribution in [3.8, 4) is 5.75 Å². The summed E-state index contributed by atoms with van der Waals surface area (Å²) < 4.78 is 41.6. The summed E-state index contributed by atoms with van der Waals surface area (Å²) >= 11 is 0. The molecule has 0 amide bonds. The van der Waals surface area contributed by atoms with Crippen LogP contribution in [0.25, 0.3) is 0 Å². The largest absolute Gasteiger partial charge is 0.494 e. The molecule has 1 unspecified atom stereocenters. The van der Waals surface area contributed by atoms with E-state index >= 15 is 0 Å². The molecule has 1 aromatic rings. The first-order valence-electron chi connectivity index (χ1n) is 7.55. The molecule has 0 saturated heterocycles. The molecule has 0 fully saturated rings. The fourth-order valence-electron chi connectivity index (χ4n) is 2.80. The van der Waals surface area contributed by atoms with E-state index in [2.05, 4.69) is 12.2 Å². The van der Waals surface area contributed by atoms with Crippen LogP contribution in [0.5, 0.6) is 5.75 Å². The number of aryl methyl sites for hydroxylation is 1. The van der Waals surface area contributed by atoms with E-state index in [1.54, 1.807) is 0 Å². The highest BCUT2D eigenvalue weighted by molar-refractivity contribution is 5.39. The van der Waals surface area contributed by atoms with Gasteiger partial charge in [0.1, 0.15) is 5.75 Å². The molecule has 0 heterocycles. The van der Waals surface area contributed by atoms with Crippen LogP contribution in [-0.4, -0.2) is 19.3 Å². The lowest BCUT2D eigenvalue weighted by atomic mass is 9.87. The van der Waals surface area contributed by atoms with Gasteiger partial charge in [0.15, 0.2) is 0 Å². The molecule has 5 heteroatoms. The first-order chi connectivity index (χ1) is 9.99. The fourth-order valence-corrected chi connectivity index (χ4v) is 2.80. The predicted molar refractivity (Wildman–Crippen MR) is 76.6 cm³/mol. The van der Waals surface area contributed by atoms with Gasteiger partial charge in [0.05, 0.1) is 6.61 Å². The third-order valence-corrected chi connectivity index (χ3v) is 3.75. The molecular weight excluding hydrogens is 279 g/mol. The lowest BCUT2D eigenvalue weighted by Gasteiger charge is -2.26. The molecule has 1 atom stereocenters. The summed E-state index contributed by atoms with van der Waals surface area (Å²) in [5, 5.41) is 3.46. The van der Waals surface area contributed by atoms with Crippen molar-refractivity contribution in [2.45, 2.75) is 51.2 Å². The molecule has 1 aromatic carbocycles. The second-order valence-corrected chi connectivity index (χ2v) is 5.43. The molecule has 2 rings (SSSR count). The van der Waals surface area contributed by atoms with Crippen molar-refractivity contribution in [3.63, 3.8) is 0 Å². The molecule has 0 radical (unpaired) electrons. The average molecular weight is 301 g/mol. The minimum absolute atomic E-state index is 0.000595. The van der Waals surface area contributed by atoms with Crippen LogP contribution in [0, 0.1) is 0 Å². The van der Waals surface area contributed by atoms with Gasteiger partial charge in [-0.15, -0.1) is 0 Å². The Balaban J connectivity index is 1.91. The Hall–Kier alpha value is -1.23. The Labute approximate surface area is 123 Å². The van der Waals surface area contributed by atoms with Gasteiger partial charge in [0, 0.05) is 12.5 Å². The van der Waals surface area contributed by atoms with E-state index in [-0.39, 0.29) is 13.0 Å². The van der Waals surface area contributed by atoms with Crippen LogP contribution in [0.15, 0.2) is 18.2 Å². The topological polar surface area (TPSA) is 21.3 Å². The monoisotopic (exact) mass is 301 g/mol. The zero-order valence-corrected chi connectivity index (χ0v) is 12.3. The van der Waals surface area contributed by atoms with Crippen LogP contribution in [0.3, 0.4) is 0 Å². The summed E-state index contributed by atoms with van der Waals surface area (Å²) in [6.07, 6.45) is -1.62. The van der Waals surface area contributed by atoms with Gasteiger partial charge in [0.2, 0.25) is 0 Å². The standard InChI is InChI=1S/C16H22F3NO/c1-2-20-15-6-3-5-12-11-13(7-8-14(12)15)21-10-4-9-16(17,18)19/h7-8,11,15,20H,2-6,9-10H2,1H3. The van der Waals surface area contributed by atoms with Crippen LogP contribution in [0.4, 0.5) is 13.2 Å². The molecule has 1 aliphatic carbocycles. The Morgan fingerprint density at radius 2 is 2.14 bits per heavy atom. The molecule has 0 bridgehead atoms. The van der Waals surface area contributed by atoms with Crippen LogP contribution >= 0.6 is 0 Å². The van der Waals surface area contributed by atoms with Crippen LogP contribution in [0.1, 0.15) is 49.8 Å². The number of rotatable bonds is 6. The van der Waals surface area contributed by atoms with E-state index in [0.29, 0.717) is 11.8 Å². The first kappa shape index (κ1) is 16.1. The Kier molecular flexibility index (Phi) is 5.51. The van der Waals surface area contributed by atoms with E-state index in [1.807, 2.05) is 18.2 Å². The smallest absolute Gasteiger partial charge is 0.389 e. The summed E-state index contributed by atoms with van der Waals surface area (Å²) in [7, 11) is 0. The zero-order chi connectivity index (χ0) is 15.3. The van der Waals surface area contributed by atoms with Crippen molar-refractivity contribution in [2.75, 3.05) is 13.2 Å². The number of nitrogens with one attached hydrogen (secondary N) is 1. The van der Waals surface area contributed by atoms with Gasteiger partial charge in [0.25, 0.3) is 0 Å². The van der Waals surface area contributed by atoms with Crippen molar-refractivity contribution < 1.29 is 17.9 Å². The van der Waals surface area contributed by atoms with E-state index in [0.717, 1.165) is 25.8 Å². The van der Waals surface area contributed by atoms with Gasteiger partial charge in [-0.25, -0.2) is 0 Å². The molecule has 0 aliphatic heterocycles. The normalized spacial score (nSPS) is 18.4. The Bertz CT molecular complexity index is 459. The van der Waals surface area contributed by atoms with Crippen molar-refractivity contribution in [1.82, 2.24) is 5.32 Å². The van der Waals surface area contributed by atoms with Crippen molar-refractivity contribution in [3.05, 3.63) is 29.3 Å². The second kappa shape index (κ2) is 7.16. The number of hydrogen-bond acceptors (Lipinski definition) is 2. The van der Waals surface area contributed by atoms with Gasteiger partial charge < -0.3 is 10.1 Å². The lowest BCUT2D eigenvalue weighted by Crippen LogP contribution is -2.24.